The zero-order valence-corrected chi connectivity index (χ0v) is 13.3. The van der Waals surface area contributed by atoms with Crippen LogP contribution in [0.1, 0.15) is 12.0 Å². The maximum Gasteiger partial charge on any atom is 0.242 e. The van der Waals surface area contributed by atoms with Crippen molar-refractivity contribution in [3.8, 4) is 0 Å². The molecule has 4 nitrogen and oxygen atoms in total. The first-order valence-electron chi connectivity index (χ1n) is 7.43. The lowest BCUT2D eigenvalue weighted by atomic mass is 10.1. The molecular formula is C18H16N2O2S. The minimum atomic E-state index is -0.276. The van der Waals surface area contributed by atoms with Gasteiger partial charge in [-0.2, -0.15) is 0 Å². The van der Waals surface area contributed by atoms with Crippen LogP contribution < -0.4 is 4.90 Å². The zero-order chi connectivity index (χ0) is 16.2. The Morgan fingerprint density at radius 1 is 0.870 bits per heavy atom. The zero-order valence-electron chi connectivity index (χ0n) is 12.5. The van der Waals surface area contributed by atoms with E-state index in [1.807, 2.05) is 60.7 Å². The van der Waals surface area contributed by atoms with E-state index in [2.05, 4.69) is 0 Å². The Morgan fingerprint density at radius 2 is 1.48 bits per heavy atom. The molecule has 2 aromatic rings. The van der Waals surface area contributed by atoms with E-state index < -0.39 is 0 Å². The average molecular weight is 324 g/mol. The first-order chi connectivity index (χ1) is 11.2. The molecule has 1 heterocycles. The van der Waals surface area contributed by atoms with Crippen molar-refractivity contribution in [1.29, 1.82) is 0 Å². The summed E-state index contributed by atoms with van der Waals surface area (Å²) in [5.41, 5.74) is 1.82. The highest BCUT2D eigenvalue weighted by Crippen LogP contribution is 2.22. The van der Waals surface area contributed by atoms with Gasteiger partial charge >= 0.3 is 0 Å². The van der Waals surface area contributed by atoms with Gasteiger partial charge in [-0.1, -0.05) is 48.5 Å². The second kappa shape index (κ2) is 6.71. The summed E-state index contributed by atoms with van der Waals surface area (Å²) < 4.78 is 0. The van der Waals surface area contributed by atoms with Crippen molar-refractivity contribution in [2.24, 2.45) is 0 Å². The molecule has 0 aliphatic carbocycles. The lowest BCUT2D eigenvalue weighted by molar-refractivity contribution is -0.133. The summed E-state index contributed by atoms with van der Waals surface area (Å²) in [7, 11) is 0. The Hall–Kier alpha value is -2.53. The van der Waals surface area contributed by atoms with Gasteiger partial charge in [-0.3, -0.25) is 19.4 Å². The molecule has 116 valence electrons. The van der Waals surface area contributed by atoms with E-state index in [4.69, 9.17) is 12.2 Å². The van der Waals surface area contributed by atoms with Crippen molar-refractivity contribution in [2.75, 3.05) is 11.4 Å². The molecule has 0 spiro atoms. The van der Waals surface area contributed by atoms with E-state index in [9.17, 15) is 9.59 Å². The summed E-state index contributed by atoms with van der Waals surface area (Å²) in [5, 5.41) is 0.258. The third-order valence-corrected chi connectivity index (χ3v) is 4.16. The summed E-state index contributed by atoms with van der Waals surface area (Å²) in [6.07, 6.45) is 0.549. The number of thiocarbonyl (C=S) groups is 1. The number of rotatable bonds is 4. The Balaban J connectivity index is 1.78. The molecule has 5 heteroatoms. The fourth-order valence-corrected chi connectivity index (χ4v) is 2.98. The molecule has 1 aliphatic heterocycles. The minimum absolute atomic E-state index is 0.149. The largest absolute Gasteiger partial charge is 0.288 e. The van der Waals surface area contributed by atoms with Gasteiger partial charge in [0.2, 0.25) is 11.8 Å². The van der Waals surface area contributed by atoms with Crippen LogP contribution in [0.5, 0.6) is 0 Å². The first kappa shape index (κ1) is 15.4. The number of amides is 2. The van der Waals surface area contributed by atoms with E-state index in [1.54, 1.807) is 0 Å². The Kier molecular flexibility index (Phi) is 4.48. The number of carbonyl (C=O) groups is 2. The maximum absolute atomic E-state index is 12.2. The third kappa shape index (κ3) is 3.29. The van der Waals surface area contributed by atoms with Crippen LogP contribution in [-0.4, -0.2) is 28.4 Å². The summed E-state index contributed by atoms with van der Waals surface area (Å²) >= 11 is 5.41. The molecule has 0 bridgehead atoms. The van der Waals surface area contributed by atoms with Crippen molar-refractivity contribution >= 4 is 34.8 Å². The van der Waals surface area contributed by atoms with Crippen LogP contribution in [0.2, 0.25) is 0 Å². The van der Waals surface area contributed by atoms with Crippen LogP contribution in [0, 0.1) is 0 Å². The molecule has 0 radical (unpaired) electrons. The second-order valence-electron chi connectivity index (χ2n) is 5.31. The Morgan fingerprint density at radius 3 is 2.13 bits per heavy atom. The van der Waals surface area contributed by atoms with Crippen LogP contribution in [0.25, 0.3) is 0 Å². The van der Waals surface area contributed by atoms with Crippen molar-refractivity contribution in [1.82, 2.24) is 4.90 Å². The molecule has 0 saturated carbocycles. The highest BCUT2D eigenvalue weighted by atomic mass is 32.1. The van der Waals surface area contributed by atoms with E-state index in [0.29, 0.717) is 18.7 Å². The quantitative estimate of drug-likeness (QED) is 0.641. The number of carbonyl (C=O) groups excluding carboxylic acids is 2. The smallest absolute Gasteiger partial charge is 0.242 e. The average Bonchev–Trinajstić information content (AvgIpc) is 2.56. The predicted molar refractivity (Wildman–Crippen MR) is 93.0 cm³/mol. The normalized spacial score (nSPS) is 15.2. The number of anilines is 1. The number of para-hydroxylation sites is 1. The van der Waals surface area contributed by atoms with E-state index in [1.165, 1.54) is 9.80 Å². The fourth-order valence-electron chi connectivity index (χ4n) is 2.58. The number of hydrogen-bond donors (Lipinski definition) is 0. The molecule has 2 amide bonds. The number of benzene rings is 2. The molecule has 0 unspecified atom stereocenters. The van der Waals surface area contributed by atoms with Crippen molar-refractivity contribution in [3.63, 3.8) is 0 Å². The standard InChI is InChI=1S/C18H16N2O2S/c21-16-13-17(22)20(15-9-5-2-6-10-15)18(23)19(16)12-11-14-7-3-1-4-8-14/h1-10H,11-13H2. The van der Waals surface area contributed by atoms with Gasteiger partial charge in [-0.05, 0) is 36.3 Å². The molecule has 0 N–H and O–H groups in total. The van der Waals surface area contributed by atoms with E-state index in [-0.39, 0.29) is 23.3 Å². The minimum Gasteiger partial charge on any atom is -0.288 e. The summed E-state index contributed by atoms with van der Waals surface area (Å²) in [6.45, 7) is 0.471. The van der Waals surface area contributed by atoms with E-state index in [0.717, 1.165) is 5.56 Å². The van der Waals surface area contributed by atoms with Gasteiger partial charge in [0.05, 0.1) is 5.69 Å². The SMILES string of the molecule is O=C1CC(=O)N(c2ccccc2)C(=S)N1CCc1ccccc1. The van der Waals surface area contributed by atoms with Gasteiger partial charge in [0.1, 0.15) is 6.42 Å². The van der Waals surface area contributed by atoms with Gasteiger partial charge in [0.15, 0.2) is 5.11 Å². The third-order valence-electron chi connectivity index (χ3n) is 3.76. The van der Waals surface area contributed by atoms with Crippen LogP contribution >= 0.6 is 12.2 Å². The topological polar surface area (TPSA) is 40.6 Å². The van der Waals surface area contributed by atoms with Crippen molar-refractivity contribution in [3.05, 3.63) is 66.2 Å². The lowest BCUT2D eigenvalue weighted by Gasteiger charge is -2.35. The monoisotopic (exact) mass is 324 g/mol. The van der Waals surface area contributed by atoms with Gasteiger partial charge < -0.3 is 0 Å². The summed E-state index contributed by atoms with van der Waals surface area (Å²) in [5.74, 6) is -0.509. The highest BCUT2D eigenvalue weighted by Gasteiger charge is 2.35. The molecule has 1 aliphatic rings. The lowest BCUT2D eigenvalue weighted by Crippen LogP contribution is -2.55. The van der Waals surface area contributed by atoms with Crippen molar-refractivity contribution < 1.29 is 9.59 Å². The first-order valence-corrected chi connectivity index (χ1v) is 7.84. The number of nitrogens with zero attached hydrogens (tertiary/aromatic N) is 2. The summed E-state index contributed by atoms with van der Waals surface area (Å²) in [4.78, 5) is 27.4. The van der Waals surface area contributed by atoms with Gasteiger partial charge in [-0.25, -0.2) is 0 Å². The number of hydrogen-bond acceptors (Lipinski definition) is 3. The molecule has 23 heavy (non-hydrogen) atoms. The highest BCUT2D eigenvalue weighted by molar-refractivity contribution is 7.80. The summed E-state index contributed by atoms with van der Waals surface area (Å²) in [6, 6.07) is 19.1. The van der Waals surface area contributed by atoms with E-state index >= 15 is 0 Å². The molecule has 3 rings (SSSR count). The molecule has 2 aromatic carbocycles. The predicted octanol–water partition coefficient (Wildman–Crippen LogP) is 2.78. The molecule has 1 saturated heterocycles. The Bertz CT molecular complexity index is 731. The van der Waals surface area contributed by atoms with Gasteiger partial charge in [0, 0.05) is 6.54 Å². The van der Waals surface area contributed by atoms with Crippen LogP contribution in [0.3, 0.4) is 0 Å². The molecule has 1 fully saturated rings. The van der Waals surface area contributed by atoms with Gasteiger partial charge in [-0.15, -0.1) is 0 Å². The molecular weight excluding hydrogens is 308 g/mol. The van der Waals surface area contributed by atoms with Crippen molar-refractivity contribution in [2.45, 2.75) is 12.8 Å². The van der Waals surface area contributed by atoms with Crippen LogP contribution in [0.4, 0.5) is 5.69 Å². The van der Waals surface area contributed by atoms with Crippen LogP contribution in [0.15, 0.2) is 60.7 Å². The fraction of sp³-hybridized carbons (Fsp3) is 0.167. The van der Waals surface area contributed by atoms with Gasteiger partial charge in [0.25, 0.3) is 0 Å². The Labute approximate surface area is 140 Å². The molecule has 0 aromatic heterocycles. The molecule has 0 atom stereocenters. The second-order valence-corrected chi connectivity index (χ2v) is 5.67. The maximum atomic E-state index is 12.2. The van der Waals surface area contributed by atoms with Crippen LogP contribution in [-0.2, 0) is 16.0 Å².